The molecule has 2 heterocycles. The minimum absolute atomic E-state index is 1.14. The smallest absolute Gasteiger partial charge is 0.0541 e. The van der Waals surface area contributed by atoms with E-state index in [2.05, 4.69) is 252 Å². The summed E-state index contributed by atoms with van der Waals surface area (Å²) in [4.78, 5) is 0. The van der Waals surface area contributed by atoms with Crippen molar-refractivity contribution in [1.82, 2.24) is 9.13 Å². The number of fused-ring (bicyclic) bond motifs is 8. The molecule has 0 aliphatic rings. The Kier molecular flexibility index (Phi) is 7.49. The molecule has 0 fully saturated rings. The number of hydrogen-bond acceptors (Lipinski definition) is 0. The first-order valence-corrected chi connectivity index (χ1v) is 25.1. The average molecular weight is 909 g/mol. The molecule has 0 atom stereocenters. The molecule has 0 saturated carbocycles. The van der Waals surface area contributed by atoms with Gasteiger partial charge in [-0.25, -0.2) is 0 Å². The maximum atomic E-state index is 2.50. The third-order valence-corrected chi connectivity index (χ3v) is 16.4. The molecule has 2 heteroatoms. The molecule has 17 rings (SSSR count). The highest BCUT2D eigenvalue weighted by Gasteiger charge is 2.24. The first-order valence-electron chi connectivity index (χ1n) is 25.1. The van der Waals surface area contributed by atoms with E-state index in [4.69, 9.17) is 0 Å². The van der Waals surface area contributed by atoms with Crippen LogP contribution < -0.4 is 0 Å². The fraction of sp³-hybridized carbons (Fsp3) is 0. The Hall–Kier alpha value is -9.50. The van der Waals surface area contributed by atoms with Gasteiger partial charge < -0.3 is 9.13 Å². The maximum absolute atomic E-state index is 2.50. The Morgan fingerprint density at radius 3 is 0.875 bits per heavy atom. The van der Waals surface area contributed by atoms with Crippen molar-refractivity contribution >= 4 is 130 Å². The summed E-state index contributed by atoms with van der Waals surface area (Å²) >= 11 is 0. The summed E-state index contributed by atoms with van der Waals surface area (Å²) in [5, 5.41) is 25.3. The zero-order chi connectivity index (χ0) is 46.8. The van der Waals surface area contributed by atoms with Gasteiger partial charge in [-0.15, -0.1) is 0 Å². The van der Waals surface area contributed by atoms with Gasteiger partial charge in [-0.1, -0.05) is 194 Å². The molecule has 0 unspecified atom stereocenters. The van der Waals surface area contributed by atoms with Crippen molar-refractivity contribution in [2.75, 3.05) is 0 Å². The van der Waals surface area contributed by atoms with Gasteiger partial charge in [0.15, 0.2) is 0 Å². The number of rotatable bonds is 4. The van der Waals surface area contributed by atoms with Crippen molar-refractivity contribution in [2.45, 2.75) is 0 Å². The largest absolute Gasteiger partial charge is 0.309 e. The lowest BCUT2D eigenvalue weighted by Gasteiger charge is -2.23. The summed E-state index contributed by atoms with van der Waals surface area (Å²) in [5.41, 5.74) is 12.0. The van der Waals surface area contributed by atoms with Crippen molar-refractivity contribution in [3.05, 3.63) is 243 Å². The van der Waals surface area contributed by atoms with Gasteiger partial charge in [0.05, 0.1) is 22.1 Å². The minimum Gasteiger partial charge on any atom is -0.309 e. The van der Waals surface area contributed by atoms with Crippen LogP contribution in [0.15, 0.2) is 243 Å². The summed E-state index contributed by atoms with van der Waals surface area (Å²) < 4.78 is 4.95. The molecule has 72 heavy (non-hydrogen) atoms. The molecular weight excluding hydrogens is 869 g/mol. The zero-order valence-electron chi connectivity index (χ0n) is 39.0. The van der Waals surface area contributed by atoms with Crippen LogP contribution in [-0.4, -0.2) is 9.13 Å². The van der Waals surface area contributed by atoms with Crippen LogP contribution in [0, 0.1) is 0 Å². The van der Waals surface area contributed by atoms with Crippen molar-refractivity contribution in [3.63, 3.8) is 0 Å². The fourth-order valence-electron chi connectivity index (χ4n) is 13.4. The van der Waals surface area contributed by atoms with Crippen molar-refractivity contribution in [1.29, 1.82) is 0 Å². The molecular formula is C70H40N2. The van der Waals surface area contributed by atoms with Gasteiger partial charge in [0, 0.05) is 32.9 Å². The molecule has 0 bridgehead atoms. The van der Waals surface area contributed by atoms with Crippen LogP contribution in [-0.2, 0) is 0 Å². The number of hydrogen-bond donors (Lipinski definition) is 0. The van der Waals surface area contributed by atoms with Crippen LogP contribution in [0.5, 0.6) is 0 Å². The molecule has 0 radical (unpaired) electrons. The molecule has 0 amide bonds. The lowest BCUT2D eigenvalue weighted by molar-refractivity contribution is 1.18. The molecule has 2 nitrogen and oxygen atoms in total. The molecule has 2 aromatic heterocycles. The summed E-state index contributed by atoms with van der Waals surface area (Å²) in [7, 11) is 0. The predicted molar refractivity (Wildman–Crippen MR) is 308 cm³/mol. The van der Waals surface area contributed by atoms with E-state index in [0.29, 0.717) is 0 Å². The van der Waals surface area contributed by atoms with Gasteiger partial charge in [-0.3, -0.25) is 0 Å². The lowest BCUT2D eigenvalue weighted by atomic mass is 9.81. The highest BCUT2D eigenvalue weighted by Crippen LogP contribution is 2.51. The molecule has 0 N–H and O–H groups in total. The van der Waals surface area contributed by atoms with E-state index in [0.717, 1.165) is 11.4 Å². The Balaban J connectivity index is 1.08. The normalized spacial score (nSPS) is 12.4. The summed E-state index contributed by atoms with van der Waals surface area (Å²) in [6, 6.07) is 91.7. The van der Waals surface area contributed by atoms with E-state index < -0.39 is 0 Å². The number of para-hydroxylation sites is 4. The second-order valence-electron chi connectivity index (χ2n) is 19.9. The molecule has 15 aromatic carbocycles. The fourth-order valence-corrected chi connectivity index (χ4v) is 13.4. The van der Waals surface area contributed by atoms with Gasteiger partial charge in [-0.2, -0.15) is 0 Å². The van der Waals surface area contributed by atoms with Gasteiger partial charge >= 0.3 is 0 Å². The van der Waals surface area contributed by atoms with Crippen molar-refractivity contribution < 1.29 is 0 Å². The molecule has 0 saturated heterocycles. The number of benzene rings is 15. The first kappa shape index (κ1) is 38.4. The van der Waals surface area contributed by atoms with Crippen LogP contribution in [0.4, 0.5) is 0 Å². The zero-order valence-corrected chi connectivity index (χ0v) is 39.0. The van der Waals surface area contributed by atoms with Crippen LogP contribution >= 0.6 is 0 Å². The van der Waals surface area contributed by atoms with E-state index in [9.17, 15) is 0 Å². The predicted octanol–water partition coefficient (Wildman–Crippen LogP) is 19.3. The Labute approximate surface area is 413 Å². The Morgan fingerprint density at radius 2 is 0.500 bits per heavy atom. The molecule has 17 aromatic rings. The summed E-state index contributed by atoms with van der Waals surface area (Å²) in [5.74, 6) is 0. The van der Waals surface area contributed by atoms with Gasteiger partial charge in [-0.05, 0) is 157 Å². The molecule has 330 valence electrons. The standard InChI is InChI=1S/C70H40N2/c1-5-19-61-49(15-1)50-16-2-6-20-62(50)71(61)47-31-37-57-59(39-47)69(55-35-29-45-25-23-41-11-9-13-43-27-33-53(55)67(45)65(41)43)58-38-32-48(72-63-21-7-3-17-51(63)52-18-4-8-22-64(52)72)40-60(58)70(57)56-36-30-46-26-24-42-12-10-14-44-28-34-54(56)68(46)66(42)44/h1-40H. The van der Waals surface area contributed by atoms with Crippen molar-refractivity contribution in [3.8, 4) is 33.6 Å². The van der Waals surface area contributed by atoms with E-state index in [1.165, 1.54) is 152 Å². The number of aromatic nitrogens is 2. The van der Waals surface area contributed by atoms with Crippen molar-refractivity contribution in [2.24, 2.45) is 0 Å². The van der Waals surface area contributed by atoms with E-state index in [1.54, 1.807) is 0 Å². The quantitative estimate of drug-likeness (QED) is 0.123. The molecule has 0 aliphatic carbocycles. The second kappa shape index (κ2) is 14.1. The van der Waals surface area contributed by atoms with E-state index in [-0.39, 0.29) is 0 Å². The topological polar surface area (TPSA) is 9.86 Å². The van der Waals surface area contributed by atoms with Crippen LogP contribution in [0.25, 0.3) is 163 Å². The molecule has 0 spiro atoms. The number of nitrogens with zero attached hydrogens (tertiary/aromatic N) is 2. The Morgan fingerprint density at radius 1 is 0.194 bits per heavy atom. The van der Waals surface area contributed by atoms with E-state index in [1.807, 2.05) is 0 Å². The average Bonchev–Trinajstić information content (AvgIpc) is 3.96. The SMILES string of the molecule is c1cc2ccc3ccc(-c4c5ccc(-n6c7ccccc7c7ccccc76)cc5c(-c5ccc6ccc7cccc8ccc5c6c78)c5ccc(-n6c7ccccc7c7ccccc76)cc45)c4ccc(c1)c2c34. The van der Waals surface area contributed by atoms with E-state index >= 15 is 0 Å². The highest BCUT2D eigenvalue weighted by molar-refractivity contribution is 6.32. The third-order valence-electron chi connectivity index (χ3n) is 16.4. The highest BCUT2D eigenvalue weighted by atomic mass is 15.0. The van der Waals surface area contributed by atoms with Crippen LogP contribution in [0.2, 0.25) is 0 Å². The third kappa shape index (κ3) is 5.02. The lowest BCUT2D eigenvalue weighted by Crippen LogP contribution is -1.99. The monoisotopic (exact) mass is 908 g/mol. The summed E-state index contributed by atoms with van der Waals surface area (Å²) in [6.07, 6.45) is 0. The van der Waals surface area contributed by atoms with Gasteiger partial charge in [0.1, 0.15) is 0 Å². The first-order chi connectivity index (χ1) is 35.7. The minimum atomic E-state index is 1.14. The second-order valence-corrected chi connectivity index (χ2v) is 19.9. The maximum Gasteiger partial charge on any atom is 0.0541 e. The Bertz CT molecular complexity index is 4700. The van der Waals surface area contributed by atoms with Crippen LogP contribution in [0.3, 0.4) is 0 Å². The van der Waals surface area contributed by atoms with Gasteiger partial charge in [0.25, 0.3) is 0 Å². The van der Waals surface area contributed by atoms with Gasteiger partial charge in [0.2, 0.25) is 0 Å². The van der Waals surface area contributed by atoms with Crippen LogP contribution in [0.1, 0.15) is 0 Å². The summed E-state index contributed by atoms with van der Waals surface area (Å²) in [6.45, 7) is 0. The molecule has 0 aliphatic heterocycles.